The van der Waals surface area contributed by atoms with Gasteiger partial charge in [0, 0.05) is 26.3 Å². The molecular weight excluding hydrogens is 434 g/mol. The highest BCUT2D eigenvalue weighted by molar-refractivity contribution is 8.18. The first-order valence-electron chi connectivity index (χ1n) is 9.92. The van der Waals surface area contributed by atoms with Crippen LogP contribution in [0.1, 0.15) is 18.9 Å². The first-order chi connectivity index (χ1) is 15.4. The molecule has 1 N–H and O–H groups in total. The summed E-state index contributed by atoms with van der Waals surface area (Å²) in [6.07, 6.45) is 2.17. The zero-order valence-corrected chi connectivity index (χ0v) is 18.5. The first-order valence-corrected chi connectivity index (χ1v) is 10.7. The standard InChI is InChI=1S/C22H23N3O6S/c1-3-31-18-13-15(12-17(20(18)26)25(28)29)14-19-21(27)24(10-7-11-30-2)22(32-19)23-16-8-5-4-6-9-16/h4-6,8-9,12-14,26H,3,7,10-11H2,1-2H3/b19-14-,23-22?. The van der Waals surface area contributed by atoms with Crippen LogP contribution in [-0.4, -0.2) is 52.9 Å². The van der Waals surface area contributed by atoms with Crippen molar-refractivity contribution in [3.05, 3.63) is 63.0 Å². The Bertz CT molecular complexity index is 1060. The number of aromatic hydroxyl groups is 1. The number of methoxy groups -OCH3 is 1. The Morgan fingerprint density at radius 1 is 1.28 bits per heavy atom. The second kappa shape index (κ2) is 10.8. The molecule has 3 rings (SSSR count). The molecule has 0 bridgehead atoms. The number of ether oxygens (including phenoxy) is 2. The third-order valence-corrected chi connectivity index (χ3v) is 5.48. The van der Waals surface area contributed by atoms with Gasteiger partial charge in [-0.2, -0.15) is 0 Å². The van der Waals surface area contributed by atoms with Crippen LogP contribution in [0.25, 0.3) is 6.08 Å². The van der Waals surface area contributed by atoms with Gasteiger partial charge in [-0.05, 0) is 54.9 Å². The lowest BCUT2D eigenvalue weighted by atomic mass is 10.1. The molecule has 0 saturated carbocycles. The molecule has 32 heavy (non-hydrogen) atoms. The Kier molecular flexibility index (Phi) is 7.85. The molecule has 0 aromatic heterocycles. The molecule has 9 nitrogen and oxygen atoms in total. The monoisotopic (exact) mass is 457 g/mol. The van der Waals surface area contributed by atoms with Crippen LogP contribution in [0, 0.1) is 10.1 Å². The highest BCUT2D eigenvalue weighted by atomic mass is 32.2. The summed E-state index contributed by atoms with van der Waals surface area (Å²) in [7, 11) is 1.60. The van der Waals surface area contributed by atoms with Crippen LogP contribution in [0.3, 0.4) is 0 Å². The number of para-hydroxylation sites is 1. The van der Waals surface area contributed by atoms with Crippen molar-refractivity contribution >= 4 is 40.3 Å². The summed E-state index contributed by atoms with van der Waals surface area (Å²) in [5.41, 5.74) is 0.583. The molecule has 1 fully saturated rings. The summed E-state index contributed by atoms with van der Waals surface area (Å²) in [5, 5.41) is 22.0. The normalized spacial score (nSPS) is 16.2. The lowest BCUT2D eigenvalue weighted by Crippen LogP contribution is -2.30. The summed E-state index contributed by atoms with van der Waals surface area (Å²) in [6, 6.07) is 11.9. The van der Waals surface area contributed by atoms with Crippen molar-refractivity contribution in [1.82, 2.24) is 4.90 Å². The number of nitro groups is 1. The number of phenolic OH excluding ortho intramolecular Hbond substituents is 1. The fourth-order valence-corrected chi connectivity index (χ4v) is 4.05. The molecular formula is C22H23N3O6S. The molecule has 1 amide bonds. The van der Waals surface area contributed by atoms with E-state index in [2.05, 4.69) is 4.99 Å². The molecule has 0 atom stereocenters. The van der Waals surface area contributed by atoms with Gasteiger partial charge >= 0.3 is 5.69 Å². The summed E-state index contributed by atoms with van der Waals surface area (Å²) in [4.78, 5) is 30.3. The molecule has 1 aliphatic rings. The van der Waals surface area contributed by atoms with E-state index in [-0.39, 0.29) is 18.3 Å². The topological polar surface area (TPSA) is 115 Å². The van der Waals surface area contributed by atoms with Crippen molar-refractivity contribution < 1.29 is 24.3 Å². The predicted octanol–water partition coefficient (Wildman–Crippen LogP) is 4.34. The molecule has 1 heterocycles. The summed E-state index contributed by atoms with van der Waals surface area (Å²) in [6.45, 7) is 2.84. The Labute approximate surface area is 189 Å². The van der Waals surface area contributed by atoms with E-state index in [0.717, 1.165) is 0 Å². The Hall–Kier alpha value is -3.37. The first kappa shape index (κ1) is 23.3. The number of thioether (sulfide) groups is 1. The van der Waals surface area contributed by atoms with Gasteiger partial charge in [-0.3, -0.25) is 19.8 Å². The van der Waals surface area contributed by atoms with Crippen LogP contribution in [0.2, 0.25) is 0 Å². The lowest BCUT2D eigenvalue weighted by Gasteiger charge is -2.15. The van der Waals surface area contributed by atoms with Crippen molar-refractivity contribution in [1.29, 1.82) is 0 Å². The predicted molar refractivity (Wildman–Crippen MR) is 123 cm³/mol. The van der Waals surface area contributed by atoms with Crippen molar-refractivity contribution in [3.8, 4) is 11.5 Å². The minimum Gasteiger partial charge on any atom is -0.500 e. The number of amidine groups is 1. The lowest BCUT2D eigenvalue weighted by molar-refractivity contribution is -0.386. The maximum atomic E-state index is 13.1. The highest BCUT2D eigenvalue weighted by Crippen LogP contribution is 2.40. The number of amides is 1. The zero-order chi connectivity index (χ0) is 23.1. The summed E-state index contributed by atoms with van der Waals surface area (Å²) < 4.78 is 10.4. The number of hydrogen-bond acceptors (Lipinski definition) is 8. The number of nitrogens with zero attached hydrogens (tertiary/aromatic N) is 3. The maximum Gasteiger partial charge on any atom is 0.315 e. The fourth-order valence-electron chi connectivity index (χ4n) is 3.02. The molecule has 2 aromatic rings. The number of rotatable bonds is 9. The van der Waals surface area contributed by atoms with Gasteiger partial charge in [0.15, 0.2) is 10.9 Å². The minimum absolute atomic E-state index is 0.0147. The fraction of sp³-hybridized carbons (Fsp3) is 0.273. The number of benzene rings is 2. The number of hydrogen-bond donors (Lipinski definition) is 1. The Balaban J connectivity index is 1.99. The molecule has 0 aliphatic carbocycles. The van der Waals surface area contributed by atoms with E-state index in [1.54, 1.807) is 25.0 Å². The molecule has 10 heteroatoms. The van der Waals surface area contributed by atoms with Crippen LogP contribution in [0.15, 0.2) is 52.4 Å². The van der Waals surface area contributed by atoms with E-state index >= 15 is 0 Å². The van der Waals surface area contributed by atoms with Crippen molar-refractivity contribution in [2.45, 2.75) is 13.3 Å². The van der Waals surface area contributed by atoms with Gasteiger partial charge in [0.2, 0.25) is 5.75 Å². The highest BCUT2D eigenvalue weighted by Gasteiger charge is 2.33. The Morgan fingerprint density at radius 2 is 2.03 bits per heavy atom. The van der Waals surface area contributed by atoms with E-state index in [4.69, 9.17) is 9.47 Å². The van der Waals surface area contributed by atoms with Crippen LogP contribution in [0.4, 0.5) is 11.4 Å². The second-order valence-corrected chi connectivity index (χ2v) is 7.73. The van der Waals surface area contributed by atoms with Crippen molar-refractivity contribution in [2.75, 3.05) is 26.9 Å². The summed E-state index contributed by atoms with van der Waals surface area (Å²) >= 11 is 1.19. The van der Waals surface area contributed by atoms with E-state index in [1.165, 1.54) is 23.9 Å². The van der Waals surface area contributed by atoms with Crippen molar-refractivity contribution in [2.24, 2.45) is 4.99 Å². The van der Waals surface area contributed by atoms with Crippen LogP contribution < -0.4 is 4.74 Å². The maximum absolute atomic E-state index is 13.1. The van der Waals surface area contributed by atoms with E-state index < -0.39 is 16.4 Å². The molecule has 1 aliphatic heterocycles. The molecule has 168 valence electrons. The van der Waals surface area contributed by atoms with E-state index in [1.807, 2.05) is 30.3 Å². The quantitative estimate of drug-likeness (QED) is 0.258. The third kappa shape index (κ3) is 5.45. The second-order valence-electron chi connectivity index (χ2n) is 6.72. The third-order valence-electron chi connectivity index (χ3n) is 4.47. The number of phenols is 1. The number of carbonyl (C=O) groups is 1. The van der Waals surface area contributed by atoms with Gasteiger partial charge < -0.3 is 14.6 Å². The SMILES string of the molecule is CCOc1cc(/C=C2\SC(=Nc3ccccc3)N(CCCOC)C2=O)cc([N+](=O)[O-])c1O. The largest absolute Gasteiger partial charge is 0.500 e. The van der Waals surface area contributed by atoms with Gasteiger partial charge in [0.05, 0.1) is 22.1 Å². The minimum atomic E-state index is -0.692. The van der Waals surface area contributed by atoms with E-state index in [9.17, 15) is 20.0 Å². The summed E-state index contributed by atoms with van der Waals surface area (Å²) in [5.74, 6) is -0.814. The smallest absolute Gasteiger partial charge is 0.315 e. The molecule has 0 unspecified atom stereocenters. The number of carbonyl (C=O) groups excluding carboxylic acids is 1. The average Bonchev–Trinajstić information content (AvgIpc) is 3.05. The number of nitro benzene ring substituents is 1. The average molecular weight is 458 g/mol. The molecule has 0 radical (unpaired) electrons. The van der Waals surface area contributed by atoms with Gasteiger partial charge in [-0.15, -0.1) is 0 Å². The van der Waals surface area contributed by atoms with Crippen molar-refractivity contribution in [3.63, 3.8) is 0 Å². The molecule has 2 aromatic carbocycles. The van der Waals surface area contributed by atoms with Gasteiger partial charge in [-0.1, -0.05) is 18.2 Å². The zero-order valence-electron chi connectivity index (χ0n) is 17.7. The molecule has 0 spiro atoms. The van der Waals surface area contributed by atoms with Gasteiger partial charge in [0.25, 0.3) is 5.91 Å². The van der Waals surface area contributed by atoms with Crippen LogP contribution in [0.5, 0.6) is 11.5 Å². The van der Waals surface area contributed by atoms with Crippen LogP contribution in [-0.2, 0) is 9.53 Å². The van der Waals surface area contributed by atoms with Gasteiger partial charge in [-0.25, -0.2) is 4.99 Å². The molecule has 1 saturated heterocycles. The Morgan fingerprint density at radius 3 is 2.69 bits per heavy atom. The van der Waals surface area contributed by atoms with Gasteiger partial charge in [0.1, 0.15) is 0 Å². The van der Waals surface area contributed by atoms with E-state index in [0.29, 0.717) is 40.9 Å². The van der Waals surface area contributed by atoms with Crippen LogP contribution >= 0.6 is 11.8 Å². The number of aliphatic imine (C=N–C) groups is 1.